The molecule has 5 aromatic rings. The van der Waals surface area contributed by atoms with Crippen LogP contribution in [0, 0.1) is 0 Å². The van der Waals surface area contributed by atoms with Gasteiger partial charge in [-0.1, -0.05) is 77.5 Å². The third-order valence-electron chi connectivity index (χ3n) is 5.12. The van der Waals surface area contributed by atoms with Crippen LogP contribution in [0.5, 0.6) is 0 Å². The summed E-state index contributed by atoms with van der Waals surface area (Å²) in [4.78, 5) is 24.1. The maximum absolute atomic E-state index is 13.5. The highest BCUT2D eigenvalue weighted by molar-refractivity contribution is 7.22. The Balaban J connectivity index is 1.50. The van der Waals surface area contributed by atoms with Gasteiger partial charge < -0.3 is 0 Å². The molecule has 0 aliphatic heterocycles. The maximum Gasteiger partial charge on any atom is 0.233 e. The summed E-state index contributed by atoms with van der Waals surface area (Å²) in [6.07, 6.45) is 3.79. The molecule has 152 valence electrons. The van der Waals surface area contributed by atoms with E-state index in [1.807, 2.05) is 48.5 Å². The van der Waals surface area contributed by atoms with E-state index in [4.69, 9.17) is 16.6 Å². The zero-order valence-electron chi connectivity index (χ0n) is 16.5. The molecule has 3 aromatic carbocycles. The van der Waals surface area contributed by atoms with E-state index in [1.165, 1.54) is 11.3 Å². The third-order valence-corrected chi connectivity index (χ3v) is 6.47. The number of anilines is 1. The average molecular weight is 444 g/mol. The summed E-state index contributed by atoms with van der Waals surface area (Å²) < 4.78 is 0.956. The van der Waals surface area contributed by atoms with E-state index in [0.717, 1.165) is 32.1 Å². The molecule has 6 heteroatoms. The number of para-hydroxylation sites is 1. The van der Waals surface area contributed by atoms with E-state index < -0.39 is 0 Å². The topological polar surface area (TPSA) is 46.1 Å². The van der Waals surface area contributed by atoms with Gasteiger partial charge in [0.15, 0.2) is 5.13 Å². The molecule has 4 nitrogen and oxygen atoms in total. The number of rotatable bonds is 5. The lowest BCUT2D eigenvalue weighted by atomic mass is 10.0. The first-order valence-electron chi connectivity index (χ1n) is 9.89. The molecule has 0 spiro atoms. The second-order valence-electron chi connectivity index (χ2n) is 7.28. The lowest BCUT2D eigenvalue weighted by Crippen LogP contribution is -2.31. The predicted molar refractivity (Wildman–Crippen MR) is 128 cm³/mol. The van der Waals surface area contributed by atoms with Gasteiger partial charge in [-0.3, -0.25) is 14.7 Å². The van der Waals surface area contributed by atoms with Gasteiger partial charge in [-0.15, -0.1) is 0 Å². The molecule has 0 aliphatic rings. The monoisotopic (exact) mass is 443 g/mol. The van der Waals surface area contributed by atoms with Crippen LogP contribution in [0.4, 0.5) is 5.13 Å². The van der Waals surface area contributed by atoms with Crippen molar-refractivity contribution in [2.45, 2.75) is 13.0 Å². The number of carbonyl (C=O) groups is 1. The van der Waals surface area contributed by atoms with Crippen molar-refractivity contribution in [1.29, 1.82) is 0 Å². The van der Waals surface area contributed by atoms with E-state index in [-0.39, 0.29) is 12.3 Å². The minimum absolute atomic E-state index is 0.0192. The summed E-state index contributed by atoms with van der Waals surface area (Å²) in [5, 5.41) is 3.51. The van der Waals surface area contributed by atoms with Crippen molar-refractivity contribution in [2.24, 2.45) is 0 Å². The Morgan fingerprint density at radius 1 is 0.935 bits per heavy atom. The molecule has 0 atom stereocenters. The summed E-state index contributed by atoms with van der Waals surface area (Å²) >= 11 is 7.80. The number of fused-ring (bicyclic) bond motifs is 2. The Hall–Kier alpha value is -3.28. The van der Waals surface area contributed by atoms with Crippen LogP contribution in [0.3, 0.4) is 0 Å². The van der Waals surface area contributed by atoms with Crippen LogP contribution in [-0.2, 0) is 17.8 Å². The minimum Gasteiger partial charge on any atom is -0.283 e. The molecule has 0 bridgehead atoms. The molecule has 0 saturated carbocycles. The Bertz CT molecular complexity index is 1380. The summed E-state index contributed by atoms with van der Waals surface area (Å²) in [6, 6.07) is 23.8. The molecule has 2 aromatic heterocycles. The van der Waals surface area contributed by atoms with Gasteiger partial charge in [0.1, 0.15) is 5.52 Å². The van der Waals surface area contributed by atoms with E-state index in [9.17, 15) is 4.79 Å². The lowest BCUT2D eigenvalue weighted by molar-refractivity contribution is -0.118. The largest absolute Gasteiger partial charge is 0.283 e. The molecular formula is C25H18ClN3OS. The van der Waals surface area contributed by atoms with Gasteiger partial charge in [0.2, 0.25) is 5.91 Å². The van der Waals surface area contributed by atoms with Crippen LogP contribution >= 0.6 is 22.9 Å². The van der Waals surface area contributed by atoms with Gasteiger partial charge in [0.05, 0.1) is 22.7 Å². The molecule has 0 N–H and O–H groups in total. The first kappa shape index (κ1) is 19.7. The number of aromatic nitrogens is 2. The Morgan fingerprint density at radius 2 is 1.81 bits per heavy atom. The molecule has 2 heterocycles. The quantitative estimate of drug-likeness (QED) is 0.321. The van der Waals surface area contributed by atoms with Crippen LogP contribution in [0.15, 0.2) is 85.2 Å². The maximum atomic E-state index is 13.5. The van der Waals surface area contributed by atoms with Gasteiger partial charge >= 0.3 is 0 Å². The predicted octanol–water partition coefficient (Wildman–Crippen LogP) is 6.27. The van der Waals surface area contributed by atoms with Crippen molar-refractivity contribution in [3.63, 3.8) is 0 Å². The fraction of sp³-hybridized carbons (Fsp3) is 0.0800. The third kappa shape index (κ3) is 4.15. The fourth-order valence-corrected chi connectivity index (χ4v) is 4.86. The SMILES string of the molecule is O=C(Cc1ccc2ccccc2c1)N(Cc1cccnc1)c1nc2c(Cl)cccc2s1. The zero-order chi connectivity index (χ0) is 21.2. The van der Waals surface area contributed by atoms with Crippen LogP contribution in [0.1, 0.15) is 11.1 Å². The standard InChI is InChI=1S/C25H18ClN3OS/c26-21-8-3-9-22-24(21)28-25(31-22)29(16-18-5-4-12-27-15-18)23(30)14-17-10-11-19-6-1-2-7-20(19)13-17/h1-13,15H,14,16H2. The number of thiazole rings is 1. The molecule has 0 fully saturated rings. The van der Waals surface area contributed by atoms with Crippen molar-refractivity contribution in [3.05, 3.63) is 101 Å². The molecular weight excluding hydrogens is 426 g/mol. The molecule has 0 radical (unpaired) electrons. The molecule has 31 heavy (non-hydrogen) atoms. The number of amides is 1. The van der Waals surface area contributed by atoms with Gasteiger partial charge in [0.25, 0.3) is 0 Å². The van der Waals surface area contributed by atoms with Crippen LogP contribution in [-0.4, -0.2) is 15.9 Å². The van der Waals surface area contributed by atoms with Gasteiger partial charge in [-0.05, 0) is 40.1 Å². The van der Waals surface area contributed by atoms with Crippen LogP contribution in [0.2, 0.25) is 5.02 Å². The second-order valence-corrected chi connectivity index (χ2v) is 8.70. The minimum atomic E-state index is -0.0192. The van der Waals surface area contributed by atoms with Crippen molar-refractivity contribution in [2.75, 3.05) is 4.90 Å². The normalized spacial score (nSPS) is 11.1. The zero-order valence-corrected chi connectivity index (χ0v) is 18.1. The lowest BCUT2D eigenvalue weighted by Gasteiger charge is -2.20. The second kappa shape index (κ2) is 8.46. The average Bonchev–Trinajstić information content (AvgIpc) is 3.23. The summed E-state index contributed by atoms with van der Waals surface area (Å²) in [5.41, 5.74) is 2.64. The number of hydrogen-bond donors (Lipinski definition) is 0. The number of carbonyl (C=O) groups excluding carboxylic acids is 1. The van der Waals surface area contributed by atoms with E-state index in [1.54, 1.807) is 17.3 Å². The molecule has 0 unspecified atom stereocenters. The first-order chi connectivity index (χ1) is 15.2. The van der Waals surface area contributed by atoms with Crippen LogP contribution < -0.4 is 4.90 Å². The van der Waals surface area contributed by atoms with Crippen molar-refractivity contribution in [1.82, 2.24) is 9.97 Å². The van der Waals surface area contributed by atoms with Crippen molar-refractivity contribution in [3.8, 4) is 0 Å². The highest BCUT2D eigenvalue weighted by Crippen LogP contribution is 2.33. The number of benzene rings is 3. The molecule has 0 aliphatic carbocycles. The smallest absolute Gasteiger partial charge is 0.233 e. The summed E-state index contributed by atoms with van der Waals surface area (Å²) in [6.45, 7) is 0.400. The van der Waals surface area contributed by atoms with Gasteiger partial charge in [-0.25, -0.2) is 4.98 Å². The molecule has 5 rings (SSSR count). The Morgan fingerprint density at radius 3 is 2.61 bits per heavy atom. The van der Waals surface area contributed by atoms with Crippen LogP contribution in [0.25, 0.3) is 21.0 Å². The van der Waals surface area contributed by atoms with E-state index in [2.05, 4.69) is 29.2 Å². The summed E-state index contributed by atoms with van der Waals surface area (Å²) in [5.74, 6) is -0.0192. The highest BCUT2D eigenvalue weighted by atomic mass is 35.5. The van der Waals surface area contributed by atoms with Gasteiger partial charge in [-0.2, -0.15) is 0 Å². The highest BCUT2D eigenvalue weighted by Gasteiger charge is 2.21. The molecule has 0 saturated heterocycles. The Labute approximate surface area is 188 Å². The van der Waals surface area contributed by atoms with E-state index in [0.29, 0.717) is 16.7 Å². The van der Waals surface area contributed by atoms with Crippen molar-refractivity contribution < 1.29 is 4.79 Å². The first-order valence-corrected chi connectivity index (χ1v) is 11.1. The fourth-order valence-electron chi connectivity index (χ4n) is 3.57. The van der Waals surface area contributed by atoms with Crippen molar-refractivity contribution >= 4 is 55.0 Å². The molecule has 1 amide bonds. The summed E-state index contributed by atoms with van der Waals surface area (Å²) in [7, 11) is 0. The van der Waals surface area contributed by atoms with Gasteiger partial charge in [0, 0.05) is 12.4 Å². The number of pyridine rings is 1. The Kier molecular flexibility index (Phi) is 5.37. The van der Waals surface area contributed by atoms with E-state index >= 15 is 0 Å². The number of nitrogens with zero attached hydrogens (tertiary/aromatic N) is 3. The number of hydrogen-bond acceptors (Lipinski definition) is 4. The number of halogens is 1.